The van der Waals surface area contributed by atoms with Crippen LogP contribution in [0.15, 0.2) is 12.1 Å². The molecule has 0 radical (unpaired) electrons. The maximum Gasteiger partial charge on any atom is 0.339 e. The van der Waals surface area contributed by atoms with Crippen molar-refractivity contribution < 1.29 is 24.9 Å². The number of phenolic OH excluding ortho intramolecular Hbond substituents is 1. The molecule has 0 heterocycles. The van der Waals surface area contributed by atoms with E-state index in [4.69, 9.17) is 9.84 Å². The van der Waals surface area contributed by atoms with Crippen LogP contribution in [-0.2, 0) is 11.2 Å². The number of benzene rings is 1. The highest BCUT2D eigenvalue weighted by atomic mass is 16.5. The summed E-state index contributed by atoms with van der Waals surface area (Å²) in [6.45, 7) is 3.09. The van der Waals surface area contributed by atoms with E-state index in [0.717, 1.165) is 12.8 Å². The first kappa shape index (κ1) is 14.3. The minimum absolute atomic E-state index is 0.255. The summed E-state index contributed by atoms with van der Waals surface area (Å²) in [5, 5.41) is 27.8. The third kappa shape index (κ3) is 3.63. The number of hydrogen-bond donors (Lipinski definition) is 3. The van der Waals surface area contributed by atoms with Crippen molar-refractivity contribution in [3.63, 3.8) is 0 Å². The van der Waals surface area contributed by atoms with E-state index in [9.17, 15) is 15.0 Å². The molecule has 0 spiro atoms. The normalized spacial score (nSPS) is 10.5. The fourth-order valence-corrected chi connectivity index (χ4v) is 1.60. The third-order valence-corrected chi connectivity index (χ3v) is 2.61. The van der Waals surface area contributed by atoms with Crippen LogP contribution in [-0.4, -0.2) is 34.5 Å². The monoisotopic (exact) mass is 254 g/mol. The first-order valence-corrected chi connectivity index (χ1v) is 5.92. The van der Waals surface area contributed by atoms with Crippen molar-refractivity contribution >= 4 is 5.97 Å². The Morgan fingerprint density at radius 3 is 2.61 bits per heavy atom. The number of phenols is 2. The molecule has 5 heteroatoms. The van der Waals surface area contributed by atoms with Gasteiger partial charge in [-0.25, -0.2) is 4.79 Å². The van der Waals surface area contributed by atoms with Crippen LogP contribution in [0, 0.1) is 0 Å². The molecule has 0 saturated carbocycles. The number of carboxylic acid groups (broad SMARTS) is 1. The molecule has 1 aromatic rings. The second kappa shape index (κ2) is 6.86. The number of ether oxygens (including phenoxy) is 1. The van der Waals surface area contributed by atoms with Crippen LogP contribution in [0.2, 0.25) is 0 Å². The van der Waals surface area contributed by atoms with Gasteiger partial charge in [0.25, 0.3) is 0 Å². The van der Waals surface area contributed by atoms with Gasteiger partial charge < -0.3 is 20.1 Å². The molecule has 0 amide bonds. The lowest BCUT2D eigenvalue weighted by molar-refractivity contribution is 0.0690. The molecule has 0 fully saturated rings. The Morgan fingerprint density at radius 2 is 2.00 bits per heavy atom. The SMILES string of the molecule is CCCCOCCc1ccc(O)c(O)c1C(=O)O. The molecule has 100 valence electrons. The van der Waals surface area contributed by atoms with Crippen LogP contribution in [0.25, 0.3) is 0 Å². The largest absolute Gasteiger partial charge is 0.504 e. The molecule has 0 saturated heterocycles. The highest BCUT2D eigenvalue weighted by Crippen LogP contribution is 2.31. The van der Waals surface area contributed by atoms with Gasteiger partial charge in [-0.05, 0) is 24.5 Å². The van der Waals surface area contributed by atoms with E-state index < -0.39 is 17.5 Å². The van der Waals surface area contributed by atoms with Gasteiger partial charge in [-0.3, -0.25) is 0 Å². The molecule has 18 heavy (non-hydrogen) atoms. The van der Waals surface area contributed by atoms with Gasteiger partial charge in [0.15, 0.2) is 11.5 Å². The zero-order valence-electron chi connectivity index (χ0n) is 10.3. The molecule has 3 N–H and O–H groups in total. The van der Waals surface area contributed by atoms with Crippen LogP contribution < -0.4 is 0 Å². The molecule has 0 unspecified atom stereocenters. The summed E-state index contributed by atoms with van der Waals surface area (Å²) in [6.07, 6.45) is 2.40. The van der Waals surface area contributed by atoms with Gasteiger partial charge in [-0.2, -0.15) is 0 Å². The van der Waals surface area contributed by atoms with Crippen molar-refractivity contribution in [3.05, 3.63) is 23.3 Å². The fraction of sp³-hybridized carbons (Fsp3) is 0.462. The maximum atomic E-state index is 11.0. The summed E-state index contributed by atoms with van der Waals surface area (Å²) >= 11 is 0. The van der Waals surface area contributed by atoms with Gasteiger partial charge in [0.1, 0.15) is 5.56 Å². The Kier molecular flexibility index (Phi) is 5.45. The van der Waals surface area contributed by atoms with Crippen LogP contribution in [0.5, 0.6) is 11.5 Å². The summed E-state index contributed by atoms with van der Waals surface area (Å²) in [6, 6.07) is 2.77. The van der Waals surface area contributed by atoms with E-state index >= 15 is 0 Å². The zero-order valence-corrected chi connectivity index (χ0v) is 10.3. The summed E-state index contributed by atoms with van der Waals surface area (Å²) in [7, 11) is 0. The predicted octanol–water partition coefficient (Wildman–Crippen LogP) is 2.16. The lowest BCUT2D eigenvalue weighted by Gasteiger charge is -2.09. The molecule has 1 rings (SSSR count). The Balaban J connectivity index is 2.70. The Bertz CT molecular complexity index is 414. The van der Waals surface area contributed by atoms with Gasteiger partial charge in [0.05, 0.1) is 6.61 Å². The quantitative estimate of drug-likeness (QED) is 0.512. The lowest BCUT2D eigenvalue weighted by Crippen LogP contribution is -2.07. The van der Waals surface area contributed by atoms with Gasteiger partial charge in [0, 0.05) is 6.61 Å². The first-order chi connectivity index (χ1) is 8.57. The van der Waals surface area contributed by atoms with E-state index in [1.165, 1.54) is 12.1 Å². The zero-order chi connectivity index (χ0) is 13.5. The molecule has 0 atom stereocenters. The maximum absolute atomic E-state index is 11.0. The first-order valence-electron chi connectivity index (χ1n) is 5.92. The van der Waals surface area contributed by atoms with Crippen molar-refractivity contribution in [3.8, 4) is 11.5 Å². The highest BCUT2D eigenvalue weighted by Gasteiger charge is 2.18. The van der Waals surface area contributed by atoms with Crippen molar-refractivity contribution in [1.29, 1.82) is 0 Å². The fourth-order valence-electron chi connectivity index (χ4n) is 1.60. The third-order valence-electron chi connectivity index (χ3n) is 2.61. The summed E-state index contributed by atoms with van der Waals surface area (Å²) in [4.78, 5) is 11.0. The summed E-state index contributed by atoms with van der Waals surface area (Å²) < 4.78 is 5.35. The van der Waals surface area contributed by atoms with Gasteiger partial charge in [0.2, 0.25) is 0 Å². The van der Waals surface area contributed by atoms with E-state index in [-0.39, 0.29) is 5.56 Å². The van der Waals surface area contributed by atoms with Gasteiger partial charge in [-0.1, -0.05) is 19.4 Å². The van der Waals surface area contributed by atoms with Crippen molar-refractivity contribution in [2.75, 3.05) is 13.2 Å². The van der Waals surface area contributed by atoms with Crippen molar-refractivity contribution in [2.45, 2.75) is 26.2 Å². The number of aromatic carboxylic acids is 1. The molecule has 0 aromatic heterocycles. The summed E-state index contributed by atoms with van der Waals surface area (Å²) in [5.74, 6) is -2.27. The topological polar surface area (TPSA) is 87.0 Å². The van der Waals surface area contributed by atoms with E-state index in [0.29, 0.717) is 25.2 Å². The predicted molar refractivity (Wildman–Crippen MR) is 66.2 cm³/mol. The van der Waals surface area contributed by atoms with Crippen molar-refractivity contribution in [2.24, 2.45) is 0 Å². The number of unbranched alkanes of at least 4 members (excludes halogenated alkanes) is 1. The van der Waals surface area contributed by atoms with Gasteiger partial charge in [-0.15, -0.1) is 0 Å². The summed E-state index contributed by atoms with van der Waals surface area (Å²) in [5.41, 5.74) is 0.198. The standard InChI is InChI=1S/C13H18O5/c1-2-3-7-18-8-6-9-4-5-10(14)12(15)11(9)13(16)17/h4-5,14-15H,2-3,6-8H2,1H3,(H,16,17). The Hall–Kier alpha value is -1.75. The number of carboxylic acids is 1. The number of aromatic hydroxyl groups is 2. The molecule has 1 aromatic carbocycles. The van der Waals surface area contributed by atoms with E-state index in [2.05, 4.69) is 6.92 Å². The number of hydrogen-bond acceptors (Lipinski definition) is 4. The van der Waals surface area contributed by atoms with Gasteiger partial charge >= 0.3 is 5.97 Å². The van der Waals surface area contributed by atoms with E-state index in [1.54, 1.807) is 0 Å². The van der Waals surface area contributed by atoms with Crippen LogP contribution in [0.1, 0.15) is 35.7 Å². The number of carbonyl (C=O) groups is 1. The molecule has 0 aliphatic carbocycles. The average Bonchev–Trinajstić information content (AvgIpc) is 2.33. The molecule has 5 nitrogen and oxygen atoms in total. The second-order valence-electron chi connectivity index (χ2n) is 3.99. The Morgan fingerprint density at radius 1 is 1.28 bits per heavy atom. The molecule has 0 aliphatic heterocycles. The van der Waals surface area contributed by atoms with Crippen LogP contribution in [0.3, 0.4) is 0 Å². The highest BCUT2D eigenvalue weighted by molar-refractivity contribution is 5.93. The number of rotatable bonds is 7. The second-order valence-corrected chi connectivity index (χ2v) is 3.99. The molecule has 0 bridgehead atoms. The van der Waals surface area contributed by atoms with Crippen LogP contribution in [0.4, 0.5) is 0 Å². The lowest BCUT2D eigenvalue weighted by atomic mass is 10.0. The Labute approximate surface area is 106 Å². The molecular weight excluding hydrogens is 236 g/mol. The van der Waals surface area contributed by atoms with Crippen molar-refractivity contribution in [1.82, 2.24) is 0 Å². The molecule has 0 aliphatic rings. The smallest absolute Gasteiger partial charge is 0.339 e. The van der Waals surface area contributed by atoms with Crippen LogP contribution >= 0.6 is 0 Å². The van der Waals surface area contributed by atoms with E-state index in [1.807, 2.05) is 0 Å². The molecular formula is C13H18O5. The average molecular weight is 254 g/mol. The minimum atomic E-state index is -1.26. The minimum Gasteiger partial charge on any atom is -0.504 e.